The fourth-order valence-electron chi connectivity index (χ4n) is 2.14. The lowest BCUT2D eigenvalue weighted by atomic mass is 10.1. The Labute approximate surface area is 140 Å². The maximum absolute atomic E-state index is 13.1. The molecule has 0 aliphatic carbocycles. The second-order valence-corrected chi connectivity index (χ2v) is 6.35. The highest BCUT2D eigenvalue weighted by atomic mass is 32.2. The maximum Gasteiger partial charge on any atom is 0.232 e. The topological polar surface area (TPSA) is 40.5 Å². The van der Waals surface area contributed by atoms with Gasteiger partial charge in [-0.05, 0) is 23.3 Å². The van der Waals surface area contributed by atoms with Gasteiger partial charge in [-0.1, -0.05) is 42.5 Å². The van der Waals surface area contributed by atoms with E-state index in [0.717, 1.165) is 11.1 Å². The summed E-state index contributed by atoms with van der Waals surface area (Å²) >= 11 is 1.39. The van der Waals surface area contributed by atoms with Crippen molar-refractivity contribution in [1.82, 2.24) is 4.90 Å². The van der Waals surface area contributed by atoms with E-state index in [-0.39, 0.29) is 17.5 Å². The molecule has 1 atom stereocenters. The molecule has 2 rings (SSSR count). The van der Waals surface area contributed by atoms with Crippen molar-refractivity contribution in [3.8, 4) is 0 Å². The number of aliphatic hydroxyl groups is 1. The van der Waals surface area contributed by atoms with Gasteiger partial charge in [0.25, 0.3) is 0 Å². The molecule has 5 heteroatoms. The van der Waals surface area contributed by atoms with E-state index in [4.69, 9.17) is 0 Å². The minimum Gasteiger partial charge on any atom is -0.388 e. The van der Waals surface area contributed by atoms with Crippen LogP contribution in [0.2, 0.25) is 0 Å². The zero-order chi connectivity index (χ0) is 16.7. The highest BCUT2D eigenvalue weighted by Crippen LogP contribution is 2.18. The van der Waals surface area contributed by atoms with Gasteiger partial charge in [-0.3, -0.25) is 4.79 Å². The Kier molecular flexibility index (Phi) is 6.62. The molecule has 0 saturated carbocycles. The van der Waals surface area contributed by atoms with Crippen molar-refractivity contribution in [2.45, 2.75) is 12.6 Å². The van der Waals surface area contributed by atoms with Crippen molar-refractivity contribution in [2.75, 3.05) is 18.6 Å². The largest absolute Gasteiger partial charge is 0.388 e. The number of thioether (sulfide) groups is 1. The normalized spacial score (nSPS) is 12.0. The van der Waals surface area contributed by atoms with E-state index in [1.54, 1.807) is 24.1 Å². The van der Waals surface area contributed by atoms with E-state index in [2.05, 4.69) is 0 Å². The Morgan fingerprint density at radius 1 is 1.22 bits per heavy atom. The second-order valence-electron chi connectivity index (χ2n) is 5.32. The van der Waals surface area contributed by atoms with Gasteiger partial charge in [0.2, 0.25) is 5.91 Å². The number of benzene rings is 2. The van der Waals surface area contributed by atoms with E-state index < -0.39 is 6.10 Å². The predicted molar refractivity (Wildman–Crippen MR) is 91.6 cm³/mol. The number of rotatable bonds is 7. The molecule has 0 saturated heterocycles. The van der Waals surface area contributed by atoms with Crippen molar-refractivity contribution < 1.29 is 14.3 Å². The summed E-state index contributed by atoms with van der Waals surface area (Å²) in [6, 6.07) is 15.6. The second kappa shape index (κ2) is 8.70. The molecule has 23 heavy (non-hydrogen) atoms. The molecule has 0 bridgehead atoms. The van der Waals surface area contributed by atoms with Gasteiger partial charge in [0.15, 0.2) is 0 Å². The first-order valence-electron chi connectivity index (χ1n) is 7.35. The summed E-state index contributed by atoms with van der Waals surface area (Å²) in [7, 11) is 1.70. The van der Waals surface area contributed by atoms with Gasteiger partial charge in [-0.2, -0.15) is 0 Å². The van der Waals surface area contributed by atoms with Crippen LogP contribution in [-0.2, 0) is 11.3 Å². The molecular weight excluding hydrogens is 313 g/mol. The molecule has 3 nitrogen and oxygen atoms in total. The summed E-state index contributed by atoms with van der Waals surface area (Å²) in [5, 5.41) is 10.1. The SMILES string of the molecule is CN(Cc1cccc(F)c1)C(=O)CSCC(O)c1ccccc1. The van der Waals surface area contributed by atoms with Crippen LogP contribution in [0.25, 0.3) is 0 Å². The van der Waals surface area contributed by atoms with E-state index in [9.17, 15) is 14.3 Å². The standard InChI is InChI=1S/C18H20FNO2S/c1-20(11-14-6-5-9-16(19)10-14)18(22)13-23-12-17(21)15-7-3-2-4-8-15/h2-10,17,21H,11-13H2,1H3. The molecule has 0 spiro atoms. The molecule has 1 unspecified atom stereocenters. The molecule has 0 fully saturated rings. The average molecular weight is 333 g/mol. The van der Waals surface area contributed by atoms with Crippen LogP contribution in [0.15, 0.2) is 54.6 Å². The summed E-state index contributed by atoms with van der Waals surface area (Å²) in [4.78, 5) is 13.6. The van der Waals surface area contributed by atoms with Crippen molar-refractivity contribution in [3.05, 3.63) is 71.5 Å². The third-order valence-electron chi connectivity index (χ3n) is 3.42. The van der Waals surface area contributed by atoms with Gasteiger partial charge in [-0.15, -0.1) is 11.8 Å². The van der Waals surface area contributed by atoms with E-state index >= 15 is 0 Å². The fraction of sp³-hybridized carbons (Fsp3) is 0.278. The average Bonchev–Trinajstić information content (AvgIpc) is 2.55. The van der Waals surface area contributed by atoms with Crippen LogP contribution in [0.4, 0.5) is 4.39 Å². The van der Waals surface area contributed by atoms with Crippen LogP contribution >= 0.6 is 11.8 Å². The summed E-state index contributed by atoms with van der Waals surface area (Å²) in [5.74, 6) is 0.405. The predicted octanol–water partition coefficient (Wildman–Crippen LogP) is 3.25. The smallest absolute Gasteiger partial charge is 0.232 e. The van der Waals surface area contributed by atoms with Gasteiger partial charge >= 0.3 is 0 Å². The first kappa shape index (κ1) is 17.5. The Balaban J connectivity index is 1.76. The molecule has 0 aromatic heterocycles. The Bertz CT molecular complexity index is 636. The third kappa shape index (κ3) is 5.69. The number of hydrogen-bond donors (Lipinski definition) is 1. The van der Waals surface area contributed by atoms with Crippen molar-refractivity contribution >= 4 is 17.7 Å². The number of aliphatic hydroxyl groups excluding tert-OH is 1. The van der Waals surface area contributed by atoms with Crippen LogP contribution in [0, 0.1) is 5.82 Å². The van der Waals surface area contributed by atoms with Crippen LogP contribution in [-0.4, -0.2) is 34.5 Å². The summed E-state index contributed by atoms with van der Waals surface area (Å²) in [5.41, 5.74) is 1.61. The van der Waals surface area contributed by atoms with Crippen LogP contribution in [0.1, 0.15) is 17.2 Å². The molecule has 2 aromatic carbocycles. The van der Waals surface area contributed by atoms with Crippen molar-refractivity contribution in [1.29, 1.82) is 0 Å². The number of halogens is 1. The van der Waals surface area contributed by atoms with E-state index in [1.165, 1.54) is 23.9 Å². The van der Waals surface area contributed by atoms with Gasteiger partial charge in [0.05, 0.1) is 11.9 Å². The molecule has 0 aliphatic heterocycles. The highest BCUT2D eigenvalue weighted by Gasteiger charge is 2.12. The summed E-state index contributed by atoms with van der Waals surface area (Å²) in [6.07, 6.45) is -0.581. The minimum absolute atomic E-state index is 0.0421. The highest BCUT2D eigenvalue weighted by molar-refractivity contribution is 7.99. The first-order valence-corrected chi connectivity index (χ1v) is 8.51. The number of nitrogens with zero attached hydrogens (tertiary/aromatic N) is 1. The van der Waals surface area contributed by atoms with Crippen molar-refractivity contribution in [3.63, 3.8) is 0 Å². The summed E-state index contributed by atoms with van der Waals surface area (Å²) in [6.45, 7) is 0.373. The van der Waals surface area contributed by atoms with E-state index in [1.807, 2.05) is 30.3 Å². The van der Waals surface area contributed by atoms with Gasteiger partial charge < -0.3 is 10.0 Å². The van der Waals surface area contributed by atoms with Gasteiger partial charge in [-0.25, -0.2) is 4.39 Å². The lowest BCUT2D eigenvalue weighted by Gasteiger charge is -2.18. The molecular formula is C18H20FNO2S. The lowest BCUT2D eigenvalue weighted by Crippen LogP contribution is -2.28. The van der Waals surface area contributed by atoms with E-state index in [0.29, 0.717) is 12.3 Å². The number of carbonyl (C=O) groups excluding carboxylic acids is 1. The summed E-state index contributed by atoms with van der Waals surface area (Å²) < 4.78 is 13.1. The number of amides is 1. The van der Waals surface area contributed by atoms with Crippen LogP contribution < -0.4 is 0 Å². The molecule has 2 aromatic rings. The molecule has 0 radical (unpaired) electrons. The molecule has 1 amide bonds. The quantitative estimate of drug-likeness (QED) is 0.845. The van der Waals surface area contributed by atoms with Crippen LogP contribution in [0.3, 0.4) is 0 Å². The molecule has 0 aliphatic rings. The van der Waals surface area contributed by atoms with Crippen LogP contribution in [0.5, 0.6) is 0 Å². The first-order chi connectivity index (χ1) is 11.1. The molecule has 1 N–H and O–H groups in total. The maximum atomic E-state index is 13.1. The Morgan fingerprint density at radius 2 is 1.96 bits per heavy atom. The monoisotopic (exact) mass is 333 g/mol. The number of hydrogen-bond acceptors (Lipinski definition) is 3. The molecule has 0 heterocycles. The lowest BCUT2D eigenvalue weighted by molar-refractivity contribution is -0.127. The van der Waals surface area contributed by atoms with Gasteiger partial charge in [0.1, 0.15) is 5.82 Å². The zero-order valence-corrected chi connectivity index (χ0v) is 13.8. The zero-order valence-electron chi connectivity index (χ0n) is 13.0. The number of carbonyl (C=O) groups is 1. The Morgan fingerprint density at radius 3 is 2.65 bits per heavy atom. The van der Waals surface area contributed by atoms with Crippen molar-refractivity contribution in [2.24, 2.45) is 0 Å². The van der Waals surface area contributed by atoms with Gasteiger partial charge in [0, 0.05) is 19.3 Å². The fourth-order valence-corrected chi connectivity index (χ4v) is 3.07. The molecule has 122 valence electrons. The Hall–Kier alpha value is -1.85. The minimum atomic E-state index is -0.581. The third-order valence-corrected chi connectivity index (χ3v) is 4.42.